The lowest BCUT2D eigenvalue weighted by atomic mass is 10.1. The van der Waals surface area contributed by atoms with Gasteiger partial charge in [-0.25, -0.2) is 9.97 Å². The van der Waals surface area contributed by atoms with Gasteiger partial charge in [-0.2, -0.15) is 0 Å². The highest BCUT2D eigenvalue weighted by Crippen LogP contribution is 2.45. The van der Waals surface area contributed by atoms with E-state index in [0.717, 1.165) is 21.3 Å². The van der Waals surface area contributed by atoms with Gasteiger partial charge in [0.05, 0.1) is 11.3 Å². The SMILES string of the molecule is Cc1cnc(N2C(=O)CSC2c2cc3ccccc3nc2Cl)s1. The van der Waals surface area contributed by atoms with Crippen LogP contribution in [0.3, 0.4) is 0 Å². The van der Waals surface area contributed by atoms with Crippen molar-refractivity contribution in [2.24, 2.45) is 0 Å². The van der Waals surface area contributed by atoms with E-state index in [1.54, 1.807) is 22.9 Å². The first-order valence-electron chi connectivity index (χ1n) is 7.05. The van der Waals surface area contributed by atoms with Gasteiger partial charge in [0.1, 0.15) is 10.5 Å². The number of nitrogens with zero attached hydrogens (tertiary/aromatic N) is 3. The molecule has 1 unspecified atom stereocenters. The van der Waals surface area contributed by atoms with Crippen molar-refractivity contribution >= 4 is 56.6 Å². The van der Waals surface area contributed by atoms with E-state index in [4.69, 9.17) is 11.6 Å². The molecule has 1 amide bonds. The van der Waals surface area contributed by atoms with Crippen molar-refractivity contribution in [2.75, 3.05) is 10.7 Å². The lowest BCUT2D eigenvalue weighted by molar-refractivity contribution is -0.115. The third-order valence-electron chi connectivity index (χ3n) is 3.65. The first-order chi connectivity index (χ1) is 11.1. The predicted octanol–water partition coefficient (Wildman–Crippen LogP) is 4.43. The Morgan fingerprint density at radius 2 is 2.17 bits per heavy atom. The number of fused-ring (bicyclic) bond motifs is 1. The summed E-state index contributed by atoms with van der Waals surface area (Å²) in [5, 5.41) is 1.99. The third-order valence-corrected chi connectivity index (χ3v) is 6.06. The molecule has 1 atom stereocenters. The summed E-state index contributed by atoms with van der Waals surface area (Å²) in [5.74, 6) is 0.477. The Morgan fingerprint density at radius 3 is 2.96 bits per heavy atom. The zero-order valence-corrected chi connectivity index (χ0v) is 14.6. The second-order valence-electron chi connectivity index (χ2n) is 5.24. The van der Waals surface area contributed by atoms with Crippen LogP contribution in [0.5, 0.6) is 0 Å². The second kappa shape index (κ2) is 5.78. The van der Waals surface area contributed by atoms with Crippen molar-refractivity contribution in [1.29, 1.82) is 0 Å². The summed E-state index contributed by atoms with van der Waals surface area (Å²) in [4.78, 5) is 24.0. The minimum absolute atomic E-state index is 0.0542. The van der Waals surface area contributed by atoms with E-state index in [2.05, 4.69) is 9.97 Å². The van der Waals surface area contributed by atoms with Crippen molar-refractivity contribution in [3.05, 3.63) is 52.1 Å². The van der Waals surface area contributed by atoms with Crippen molar-refractivity contribution in [2.45, 2.75) is 12.3 Å². The first-order valence-corrected chi connectivity index (χ1v) is 9.29. The Kier molecular flexibility index (Phi) is 3.75. The van der Waals surface area contributed by atoms with E-state index in [1.807, 2.05) is 37.3 Å². The van der Waals surface area contributed by atoms with Crippen LogP contribution in [0.25, 0.3) is 10.9 Å². The number of rotatable bonds is 2. The maximum absolute atomic E-state index is 12.4. The Balaban J connectivity index is 1.82. The lowest BCUT2D eigenvalue weighted by Gasteiger charge is -2.22. The maximum atomic E-state index is 12.4. The fourth-order valence-electron chi connectivity index (χ4n) is 2.60. The minimum atomic E-state index is -0.183. The highest BCUT2D eigenvalue weighted by molar-refractivity contribution is 8.00. The summed E-state index contributed by atoms with van der Waals surface area (Å²) in [5.41, 5.74) is 1.71. The van der Waals surface area contributed by atoms with Gasteiger partial charge < -0.3 is 0 Å². The van der Waals surface area contributed by atoms with Gasteiger partial charge in [-0.05, 0) is 19.1 Å². The fourth-order valence-corrected chi connectivity index (χ4v) is 4.95. The average Bonchev–Trinajstić information content (AvgIpc) is 3.12. The smallest absolute Gasteiger partial charge is 0.240 e. The molecule has 1 aromatic carbocycles. The molecule has 0 N–H and O–H groups in total. The number of halogens is 1. The Labute approximate surface area is 146 Å². The molecule has 0 bridgehead atoms. The summed E-state index contributed by atoms with van der Waals surface area (Å²) in [6, 6.07) is 9.86. The van der Waals surface area contributed by atoms with Crippen molar-refractivity contribution < 1.29 is 4.79 Å². The zero-order chi connectivity index (χ0) is 16.0. The molecule has 0 radical (unpaired) electrons. The van der Waals surface area contributed by atoms with Crippen LogP contribution in [0, 0.1) is 6.92 Å². The number of aryl methyl sites for hydroxylation is 1. The topological polar surface area (TPSA) is 46.1 Å². The standard InChI is InChI=1S/C16H12ClN3OS2/c1-9-7-18-16(23-9)20-13(21)8-22-15(20)11-6-10-4-2-3-5-12(10)19-14(11)17/h2-7,15H,8H2,1H3. The summed E-state index contributed by atoms with van der Waals surface area (Å²) in [6.07, 6.45) is 1.79. The third kappa shape index (κ3) is 2.60. The number of carbonyl (C=O) groups is 1. The number of pyridine rings is 1. The van der Waals surface area contributed by atoms with E-state index in [0.29, 0.717) is 16.0 Å². The summed E-state index contributed by atoms with van der Waals surface area (Å²) >= 11 is 9.48. The molecule has 3 heterocycles. The highest BCUT2D eigenvalue weighted by Gasteiger charge is 2.37. The highest BCUT2D eigenvalue weighted by atomic mass is 35.5. The molecule has 3 aromatic rings. The number of benzene rings is 1. The van der Waals surface area contributed by atoms with E-state index in [-0.39, 0.29) is 11.3 Å². The Hall–Kier alpha value is -1.63. The van der Waals surface area contributed by atoms with Gasteiger partial charge in [-0.1, -0.05) is 29.8 Å². The van der Waals surface area contributed by atoms with Crippen molar-refractivity contribution in [1.82, 2.24) is 9.97 Å². The largest absolute Gasteiger partial charge is 0.273 e. The van der Waals surface area contributed by atoms with E-state index >= 15 is 0 Å². The molecule has 2 aromatic heterocycles. The lowest BCUT2D eigenvalue weighted by Crippen LogP contribution is -2.27. The van der Waals surface area contributed by atoms with E-state index < -0.39 is 0 Å². The number of carbonyl (C=O) groups excluding carboxylic acids is 1. The molecule has 4 rings (SSSR count). The first kappa shape index (κ1) is 14.9. The molecule has 1 aliphatic heterocycles. The second-order valence-corrected chi connectivity index (χ2v) is 7.88. The number of thiazole rings is 1. The molecule has 4 nitrogen and oxygen atoms in total. The molecule has 23 heavy (non-hydrogen) atoms. The molecule has 0 saturated carbocycles. The van der Waals surface area contributed by atoms with Crippen molar-refractivity contribution in [3.63, 3.8) is 0 Å². The van der Waals surface area contributed by atoms with Gasteiger partial charge >= 0.3 is 0 Å². The van der Waals surface area contributed by atoms with Gasteiger partial charge in [-0.15, -0.1) is 23.1 Å². The number of anilines is 1. The Morgan fingerprint density at radius 1 is 1.35 bits per heavy atom. The normalized spacial score (nSPS) is 18.1. The molecular formula is C16H12ClN3OS2. The van der Waals surface area contributed by atoms with E-state index in [9.17, 15) is 4.79 Å². The van der Waals surface area contributed by atoms with Gasteiger partial charge in [0.15, 0.2) is 5.13 Å². The van der Waals surface area contributed by atoms with Crippen LogP contribution in [0.15, 0.2) is 36.5 Å². The molecule has 0 aliphatic carbocycles. The van der Waals surface area contributed by atoms with Crippen LogP contribution in [0.1, 0.15) is 15.8 Å². The summed E-state index contributed by atoms with van der Waals surface area (Å²) in [7, 11) is 0. The number of thioether (sulfide) groups is 1. The van der Waals surface area contributed by atoms with Crippen LogP contribution in [0.2, 0.25) is 5.15 Å². The quantitative estimate of drug-likeness (QED) is 0.633. The molecule has 7 heteroatoms. The van der Waals surface area contributed by atoms with Gasteiger partial charge in [-0.3, -0.25) is 9.69 Å². The van der Waals surface area contributed by atoms with Crippen LogP contribution in [-0.4, -0.2) is 21.6 Å². The molecule has 1 fully saturated rings. The number of hydrogen-bond donors (Lipinski definition) is 0. The zero-order valence-electron chi connectivity index (χ0n) is 12.2. The van der Waals surface area contributed by atoms with Crippen molar-refractivity contribution in [3.8, 4) is 0 Å². The van der Waals surface area contributed by atoms with Gasteiger partial charge in [0, 0.05) is 22.0 Å². The minimum Gasteiger partial charge on any atom is -0.273 e. The maximum Gasteiger partial charge on any atom is 0.240 e. The van der Waals surface area contributed by atoms with Crippen LogP contribution < -0.4 is 4.90 Å². The number of hydrogen-bond acceptors (Lipinski definition) is 5. The predicted molar refractivity (Wildman–Crippen MR) is 96.3 cm³/mol. The monoisotopic (exact) mass is 361 g/mol. The summed E-state index contributed by atoms with van der Waals surface area (Å²) < 4.78 is 0. The average molecular weight is 362 g/mol. The molecule has 0 spiro atoms. The molecule has 1 saturated heterocycles. The van der Waals surface area contributed by atoms with Gasteiger partial charge in [0.2, 0.25) is 5.91 Å². The number of amides is 1. The fraction of sp³-hybridized carbons (Fsp3) is 0.188. The van der Waals surface area contributed by atoms with Crippen LogP contribution >= 0.6 is 34.7 Å². The molecule has 1 aliphatic rings. The van der Waals surface area contributed by atoms with Crippen LogP contribution in [0.4, 0.5) is 5.13 Å². The summed E-state index contributed by atoms with van der Waals surface area (Å²) in [6.45, 7) is 1.98. The molecular weight excluding hydrogens is 350 g/mol. The van der Waals surface area contributed by atoms with E-state index in [1.165, 1.54) is 11.3 Å². The van der Waals surface area contributed by atoms with Gasteiger partial charge in [0.25, 0.3) is 0 Å². The number of aromatic nitrogens is 2. The van der Waals surface area contributed by atoms with Crippen LogP contribution in [-0.2, 0) is 4.79 Å². The molecule has 116 valence electrons. The Bertz CT molecular complexity index is 911. The number of para-hydroxylation sites is 1.